The number of carboxylic acids is 1. The fraction of sp³-hybridized carbons (Fsp3) is 0.100. The molecule has 4 N–H and O–H groups in total. The highest BCUT2D eigenvalue weighted by molar-refractivity contribution is 6.35. The maximum atomic E-state index is 12.2. The number of carbonyl (C=O) groups is 2. The van der Waals surface area contributed by atoms with Gasteiger partial charge in [-0.05, 0) is 77.0 Å². The number of carboxylic acid groups (broad SMARTS) is 1. The number of nitrogens with one attached hydrogen (secondary N) is 1. The Bertz CT molecular complexity index is 1600. The van der Waals surface area contributed by atoms with Crippen molar-refractivity contribution in [1.29, 1.82) is 0 Å². The molecule has 40 heavy (non-hydrogen) atoms. The third kappa shape index (κ3) is 7.53. The van der Waals surface area contributed by atoms with Gasteiger partial charge in [-0.3, -0.25) is 14.6 Å². The second-order valence-corrected chi connectivity index (χ2v) is 9.49. The highest BCUT2D eigenvalue weighted by Crippen LogP contribution is 2.28. The summed E-state index contributed by atoms with van der Waals surface area (Å²) in [5, 5.41) is 14.1. The fourth-order valence-electron chi connectivity index (χ4n) is 3.79. The van der Waals surface area contributed by atoms with Gasteiger partial charge in [0.15, 0.2) is 5.88 Å². The van der Waals surface area contributed by atoms with E-state index >= 15 is 0 Å². The molecule has 0 radical (unpaired) electrons. The van der Waals surface area contributed by atoms with E-state index in [0.717, 1.165) is 22.1 Å². The first kappa shape index (κ1) is 28.5. The molecule has 0 atom stereocenters. The van der Waals surface area contributed by atoms with Crippen molar-refractivity contribution >= 4 is 63.3 Å². The highest BCUT2D eigenvalue weighted by Gasteiger charge is 2.11. The average molecular weight is 578 g/mol. The van der Waals surface area contributed by atoms with Gasteiger partial charge in [-0.2, -0.15) is 0 Å². The van der Waals surface area contributed by atoms with E-state index in [1.165, 1.54) is 0 Å². The molecule has 0 aliphatic carbocycles. The highest BCUT2D eigenvalue weighted by atomic mass is 35.5. The van der Waals surface area contributed by atoms with E-state index in [9.17, 15) is 9.59 Å². The Labute approximate surface area is 240 Å². The van der Waals surface area contributed by atoms with Crippen molar-refractivity contribution in [1.82, 2.24) is 5.32 Å². The zero-order valence-electron chi connectivity index (χ0n) is 21.4. The normalized spacial score (nSPS) is 11.8. The van der Waals surface area contributed by atoms with Crippen LogP contribution in [0.15, 0.2) is 89.7 Å². The summed E-state index contributed by atoms with van der Waals surface area (Å²) in [5.41, 5.74) is 8.59. The molecule has 0 saturated heterocycles. The Morgan fingerprint density at radius 1 is 0.900 bits per heavy atom. The number of nitrogens with zero attached hydrogens (tertiary/aromatic N) is 1. The Morgan fingerprint density at radius 2 is 1.52 bits per heavy atom. The zero-order chi connectivity index (χ0) is 28.6. The predicted molar refractivity (Wildman–Crippen MR) is 158 cm³/mol. The number of hydrogen-bond donors (Lipinski definition) is 3. The molecule has 4 aromatic carbocycles. The third-order valence-electron chi connectivity index (χ3n) is 5.78. The van der Waals surface area contributed by atoms with Crippen molar-refractivity contribution in [2.75, 3.05) is 13.7 Å². The van der Waals surface area contributed by atoms with Crippen molar-refractivity contribution < 1.29 is 24.2 Å². The van der Waals surface area contributed by atoms with Crippen LogP contribution in [0.3, 0.4) is 0 Å². The molecule has 204 valence electrons. The quantitative estimate of drug-likeness (QED) is 0.146. The second kappa shape index (κ2) is 13.0. The maximum Gasteiger partial charge on any atom is 0.305 e. The number of carbonyl (C=O) groups excluding carboxylic acids is 1. The topological polar surface area (TPSA) is 123 Å². The van der Waals surface area contributed by atoms with Gasteiger partial charge in [0.25, 0.3) is 5.91 Å². The molecule has 0 aromatic heterocycles. The molecule has 4 rings (SSSR count). The number of methoxy groups -OCH3 is 1. The molecule has 0 bridgehead atoms. The molecule has 8 nitrogen and oxygen atoms in total. The SMILES string of the molecule is COc1ccc2cc(C(C=Nc3cc(Cl)cc(Cl)c3)=C(N)Oc3ccc(C(=O)NCCC(=O)O)cc3)ccc2c1. The van der Waals surface area contributed by atoms with Crippen LogP contribution in [0.4, 0.5) is 5.69 Å². The largest absolute Gasteiger partial charge is 0.497 e. The standard InChI is InChI=1S/C30H25Cl2N3O5/c1-39-26-9-6-19-12-21(3-2-20(19)13-26)27(17-35-24-15-22(31)14-23(32)16-24)29(33)40-25-7-4-18(5-8-25)30(38)34-11-10-28(36)37/h2-9,12-17H,10-11,33H2,1H3,(H,34,38)(H,36,37). The summed E-state index contributed by atoms with van der Waals surface area (Å²) in [7, 11) is 1.62. The number of benzene rings is 4. The van der Waals surface area contributed by atoms with Gasteiger partial charge in [0, 0.05) is 28.4 Å². The van der Waals surface area contributed by atoms with Crippen LogP contribution in [0.5, 0.6) is 11.5 Å². The first-order valence-electron chi connectivity index (χ1n) is 12.1. The molecule has 0 aliphatic heterocycles. The summed E-state index contributed by atoms with van der Waals surface area (Å²) in [6.07, 6.45) is 1.41. The Morgan fingerprint density at radius 3 is 2.20 bits per heavy atom. The van der Waals surface area contributed by atoms with Crippen molar-refractivity contribution in [3.05, 3.63) is 106 Å². The number of amides is 1. The number of fused-ring (bicyclic) bond motifs is 1. The first-order valence-corrected chi connectivity index (χ1v) is 12.8. The lowest BCUT2D eigenvalue weighted by molar-refractivity contribution is -0.136. The van der Waals surface area contributed by atoms with Gasteiger partial charge in [-0.15, -0.1) is 0 Å². The van der Waals surface area contributed by atoms with Crippen LogP contribution in [0.25, 0.3) is 16.3 Å². The number of ether oxygens (including phenoxy) is 2. The van der Waals surface area contributed by atoms with Crippen LogP contribution in [-0.2, 0) is 4.79 Å². The molecule has 0 saturated carbocycles. The summed E-state index contributed by atoms with van der Waals surface area (Å²) < 4.78 is 11.3. The van der Waals surface area contributed by atoms with E-state index in [0.29, 0.717) is 32.6 Å². The van der Waals surface area contributed by atoms with Crippen molar-refractivity contribution in [2.45, 2.75) is 6.42 Å². The van der Waals surface area contributed by atoms with Gasteiger partial charge in [0.05, 0.1) is 24.8 Å². The Hall–Kier alpha value is -4.53. The number of nitrogens with two attached hydrogens (primary N) is 1. The minimum absolute atomic E-state index is 0.0289. The molecule has 0 heterocycles. The second-order valence-electron chi connectivity index (χ2n) is 8.62. The number of aliphatic carboxylic acids is 1. The first-order chi connectivity index (χ1) is 19.2. The van der Waals surface area contributed by atoms with Crippen LogP contribution in [0.1, 0.15) is 22.3 Å². The van der Waals surface area contributed by atoms with Gasteiger partial charge < -0.3 is 25.6 Å². The van der Waals surface area contributed by atoms with Gasteiger partial charge in [0.1, 0.15) is 11.5 Å². The number of aliphatic imine (C=N–C) groups is 1. The Balaban J connectivity index is 1.65. The van der Waals surface area contributed by atoms with E-state index in [2.05, 4.69) is 10.3 Å². The molecule has 0 aliphatic rings. The fourth-order valence-corrected chi connectivity index (χ4v) is 4.31. The Kier molecular flexibility index (Phi) is 9.27. The van der Waals surface area contributed by atoms with Gasteiger partial charge in [-0.1, -0.05) is 41.4 Å². The summed E-state index contributed by atoms with van der Waals surface area (Å²) >= 11 is 12.3. The lowest BCUT2D eigenvalue weighted by atomic mass is 10.0. The summed E-state index contributed by atoms with van der Waals surface area (Å²) in [6.45, 7) is 0.0289. The van der Waals surface area contributed by atoms with Crippen LogP contribution in [0, 0.1) is 0 Å². The lowest BCUT2D eigenvalue weighted by Crippen LogP contribution is -2.25. The van der Waals surface area contributed by atoms with E-state index in [-0.39, 0.29) is 18.8 Å². The van der Waals surface area contributed by atoms with E-state index < -0.39 is 11.9 Å². The summed E-state index contributed by atoms with van der Waals surface area (Å²) in [4.78, 5) is 27.4. The van der Waals surface area contributed by atoms with Crippen molar-refractivity contribution in [2.24, 2.45) is 10.7 Å². The monoisotopic (exact) mass is 577 g/mol. The molecule has 0 unspecified atom stereocenters. The molecule has 4 aromatic rings. The van der Waals surface area contributed by atoms with Crippen LogP contribution in [-0.4, -0.2) is 36.9 Å². The number of hydrogen-bond acceptors (Lipinski definition) is 6. The third-order valence-corrected chi connectivity index (χ3v) is 6.22. The van der Waals surface area contributed by atoms with E-state index in [1.54, 1.807) is 55.8 Å². The van der Waals surface area contributed by atoms with E-state index in [4.69, 9.17) is 43.5 Å². The minimum Gasteiger partial charge on any atom is -0.497 e. The van der Waals surface area contributed by atoms with Gasteiger partial charge in [-0.25, -0.2) is 0 Å². The minimum atomic E-state index is -0.991. The van der Waals surface area contributed by atoms with Gasteiger partial charge >= 0.3 is 5.97 Å². The van der Waals surface area contributed by atoms with E-state index in [1.807, 2.05) is 36.4 Å². The van der Waals surface area contributed by atoms with Crippen LogP contribution in [0.2, 0.25) is 10.0 Å². The lowest BCUT2D eigenvalue weighted by Gasteiger charge is -2.12. The molecular formula is C30H25Cl2N3O5. The zero-order valence-corrected chi connectivity index (χ0v) is 22.9. The predicted octanol–water partition coefficient (Wildman–Crippen LogP) is 6.47. The smallest absolute Gasteiger partial charge is 0.305 e. The number of halogens is 2. The average Bonchev–Trinajstić information content (AvgIpc) is 2.92. The van der Waals surface area contributed by atoms with Crippen molar-refractivity contribution in [3.63, 3.8) is 0 Å². The van der Waals surface area contributed by atoms with Crippen LogP contribution >= 0.6 is 23.2 Å². The van der Waals surface area contributed by atoms with Crippen LogP contribution < -0.4 is 20.5 Å². The number of rotatable bonds is 10. The summed E-state index contributed by atoms with van der Waals surface area (Å²) in [6, 6.07) is 22.8. The maximum absolute atomic E-state index is 12.2. The molecular weight excluding hydrogens is 553 g/mol. The molecule has 0 fully saturated rings. The number of allylic oxidation sites excluding steroid dienone is 1. The summed E-state index contributed by atoms with van der Waals surface area (Å²) in [5.74, 6) is -0.171. The molecule has 1 amide bonds. The van der Waals surface area contributed by atoms with Crippen molar-refractivity contribution in [3.8, 4) is 11.5 Å². The molecule has 10 heteroatoms. The molecule has 0 spiro atoms. The van der Waals surface area contributed by atoms with Gasteiger partial charge in [0.2, 0.25) is 0 Å².